The lowest BCUT2D eigenvalue weighted by Gasteiger charge is -2.15. The minimum atomic E-state index is -0.507. The number of para-hydroxylation sites is 1. The van der Waals surface area contributed by atoms with Crippen LogP contribution < -0.4 is 20.1 Å². The Balaban J connectivity index is 1.17. The van der Waals surface area contributed by atoms with Crippen molar-refractivity contribution in [3.63, 3.8) is 0 Å². The average Bonchev–Trinajstić information content (AvgIpc) is 3.46. The number of aryl methyl sites for hydroxylation is 1. The quantitative estimate of drug-likeness (QED) is 0.122. The van der Waals surface area contributed by atoms with E-state index in [0.717, 1.165) is 41.8 Å². The maximum absolute atomic E-state index is 13.6. The molecule has 0 fully saturated rings. The van der Waals surface area contributed by atoms with Gasteiger partial charge in [0.1, 0.15) is 17.2 Å². The highest BCUT2D eigenvalue weighted by Crippen LogP contribution is 2.33. The van der Waals surface area contributed by atoms with E-state index in [1.807, 2.05) is 41.0 Å². The van der Waals surface area contributed by atoms with Crippen molar-refractivity contribution in [2.24, 2.45) is 0 Å². The van der Waals surface area contributed by atoms with Crippen molar-refractivity contribution in [2.75, 3.05) is 25.3 Å². The molecule has 9 heteroatoms. The smallest absolute Gasteiger partial charge is 0.272 e. The normalized spacial score (nSPS) is 12.7. The van der Waals surface area contributed by atoms with Crippen LogP contribution in [0.25, 0.3) is 17.0 Å². The number of methoxy groups -OCH3 is 2. The summed E-state index contributed by atoms with van der Waals surface area (Å²) >= 11 is 1.46. The summed E-state index contributed by atoms with van der Waals surface area (Å²) in [5.74, 6) is 0.495. The fourth-order valence-electron chi connectivity index (χ4n) is 5.86. The molecule has 0 saturated heterocycles. The number of hydrogen-bond donors (Lipinski definition) is 2. The van der Waals surface area contributed by atoms with Crippen molar-refractivity contribution in [2.45, 2.75) is 30.6 Å². The first kappa shape index (κ1) is 31.7. The molecule has 1 aromatic heterocycles. The van der Waals surface area contributed by atoms with Crippen LogP contribution >= 0.6 is 11.8 Å². The number of carbonyl (C=O) groups excluding carboxylic acids is 3. The predicted octanol–water partition coefficient (Wildman–Crippen LogP) is 7.38. The first-order valence-corrected chi connectivity index (χ1v) is 16.4. The molecular weight excluding hydrogens is 611 g/mol. The number of rotatable bonds is 10. The number of amides is 2. The van der Waals surface area contributed by atoms with Crippen molar-refractivity contribution in [1.29, 1.82) is 0 Å². The highest BCUT2D eigenvalue weighted by molar-refractivity contribution is 8.00. The predicted molar refractivity (Wildman–Crippen MR) is 186 cm³/mol. The Morgan fingerprint density at radius 1 is 0.851 bits per heavy atom. The number of benzene rings is 4. The highest BCUT2D eigenvalue weighted by Gasteiger charge is 2.23. The fraction of sp³-hybridized carbons (Fsp3) is 0.184. The Hall–Kier alpha value is -5.28. The summed E-state index contributed by atoms with van der Waals surface area (Å²) in [6.07, 6.45) is 5.74. The van der Waals surface area contributed by atoms with Gasteiger partial charge in [-0.05, 0) is 91.9 Å². The van der Waals surface area contributed by atoms with Gasteiger partial charge in [0.25, 0.3) is 11.8 Å². The Labute approximate surface area is 277 Å². The maximum atomic E-state index is 13.6. The van der Waals surface area contributed by atoms with Crippen LogP contribution in [-0.4, -0.2) is 42.3 Å². The zero-order valence-corrected chi connectivity index (χ0v) is 27.1. The molecule has 1 heterocycles. The molecular formula is C38H35N3O5S. The molecule has 2 N–H and O–H groups in total. The zero-order chi connectivity index (χ0) is 32.8. The van der Waals surface area contributed by atoms with Crippen LogP contribution in [0.2, 0.25) is 0 Å². The summed E-state index contributed by atoms with van der Waals surface area (Å²) in [5, 5.41) is 6.81. The number of hydrogen-bond acceptors (Lipinski definition) is 6. The Morgan fingerprint density at radius 2 is 1.60 bits per heavy atom. The van der Waals surface area contributed by atoms with Gasteiger partial charge in [-0.25, -0.2) is 0 Å². The third-order valence-electron chi connectivity index (χ3n) is 8.17. The van der Waals surface area contributed by atoms with Gasteiger partial charge in [-0.3, -0.25) is 19.0 Å². The van der Waals surface area contributed by atoms with E-state index in [0.29, 0.717) is 34.1 Å². The van der Waals surface area contributed by atoms with Crippen molar-refractivity contribution >= 4 is 52.1 Å². The summed E-state index contributed by atoms with van der Waals surface area (Å²) in [6.45, 7) is 0. The van der Waals surface area contributed by atoms with E-state index in [1.54, 1.807) is 67.8 Å². The summed E-state index contributed by atoms with van der Waals surface area (Å²) in [6, 6.07) is 29.3. The standard InChI is InChI=1S/C38H35N3O5S/c1-45-28-19-16-26(35(23-28)46-2)22-32(40-37(43)25-10-4-3-5-11-25)38(44)39-27-17-20-29(21-18-27)47-24-36(42)41-33-14-8-6-12-30(33)31-13-7-9-15-34(31)41/h3-6,8,10-12,14,16-23H,7,9,13,15,24H2,1-2H3,(H,39,44)(H,40,43)/b32-22-. The molecule has 1 aliphatic rings. The molecule has 8 nitrogen and oxygen atoms in total. The topological polar surface area (TPSA) is 98.7 Å². The molecule has 0 unspecified atom stereocenters. The van der Waals surface area contributed by atoms with Crippen LogP contribution in [0.15, 0.2) is 108 Å². The van der Waals surface area contributed by atoms with Gasteiger partial charge in [0.15, 0.2) is 0 Å². The molecule has 0 radical (unpaired) electrons. The van der Waals surface area contributed by atoms with Gasteiger partial charge in [0.2, 0.25) is 5.91 Å². The number of carbonyl (C=O) groups is 3. The van der Waals surface area contributed by atoms with Gasteiger partial charge in [-0.2, -0.15) is 0 Å². The zero-order valence-electron chi connectivity index (χ0n) is 26.2. The van der Waals surface area contributed by atoms with Gasteiger partial charge >= 0.3 is 0 Å². The molecule has 0 bridgehead atoms. The number of nitrogens with zero attached hydrogens (tertiary/aromatic N) is 1. The van der Waals surface area contributed by atoms with Crippen LogP contribution in [-0.2, 0) is 17.6 Å². The number of fused-ring (bicyclic) bond motifs is 3. The molecule has 2 amide bonds. The van der Waals surface area contributed by atoms with Crippen LogP contribution in [0.3, 0.4) is 0 Å². The van der Waals surface area contributed by atoms with Crippen molar-refractivity contribution in [3.05, 3.63) is 125 Å². The number of thioether (sulfide) groups is 1. The van der Waals surface area contributed by atoms with Crippen LogP contribution in [0.4, 0.5) is 5.69 Å². The van der Waals surface area contributed by atoms with Gasteiger partial charge in [-0.15, -0.1) is 11.8 Å². The first-order valence-electron chi connectivity index (χ1n) is 15.4. The van der Waals surface area contributed by atoms with Crippen LogP contribution in [0.1, 0.15) is 44.8 Å². The Kier molecular flexibility index (Phi) is 9.73. The summed E-state index contributed by atoms with van der Waals surface area (Å²) in [4.78, 5) is 41.0. The molecule has 4 aromatic carbocycles. The number of ether oxygens (including phenoxy) is 2. The minimum absolute atomic E-state index is 0.0358. The number of anilines is 1. The van der Waals surface area contributed by atoms with Crippen LogP contribution in [0, 0.1) is 0 Å². The summed E-state index contributed by atoms with van der Waals surface area (Å²) < 4.78 is 12.7. The molecule has 5 aromatic rings. The van der Waals surface area contributed by atoms with E-state index in [2.05, 4.69) is 16.7 Å². The summed E-state index contributed by atoms with van der Waals surface area (Å²) in [5.41, 5.74) is 5.02. The molecule has 47 heavy (non-hydrogen) atoms. The summed E-state index contributed by atoms with van der Waals surface area (Å²) in [7, 11) is 3.08. The lowest BCUT2D eigenvalue weighted by molar-refractivity contribution is -0.113. The number of nitrogens with one attached hydrogen (secondary N) is 2. The van der Waals surface area contributed by atoms with Crippen LogP contribution in [0.5, 0.6) is 11.5 Å². The van der Waals surface area contributed by atoms with Crippen molar-refractivity contribution < 1.29 is 23.9 Å². The lowest BCUT2D eigenvalue weighted by Crippen LogP contribution is -2.30. The molecule has 6 rings (SSSR count). The minimum Gasteiger partial charge on any atom is -0.497 e. The van der Waals surface area contributed by atoms with E-state index in [4.69, 9.17) is 9.47 Å². The van der Waals surface area contributed by atoms with E-state index >= 15 is 0 Å². The highest BCUT2D eigenvalue weighted by atomic mass is 32.2. The van der Waals surface area contributed by atoms with Gasteiger partial charge in [0, 0.05) is 38.9 Å². The fourth-order valence-corrected chi connectivity index (χ4v) is 6.61. The monoisotopic (exact) mass is 645 g/mol. The molecule has 0 aliphatic heterocycles. The number of aromatic nitrogens is 1. The third-order valence-corrected chi connectivity index (χ3v) is 9.17. The molecule has 238 valence electrons. The van der Waals surface area contributed by atoms with E-state index in [1.165, 1.54) is 29.8 Å². The van der Waals surface area contributed by atoms with Crippen molar-refractivity contribution in [3.8, 4) is 11.5 Å². The van der Waals surface area contributed by atoms with E-state index in [9.17, 15) is 14.4 Å². The third kappa shape index (κ3) is 7.10. The van der Waals surface area contributed by atoms with E-state index < -0.39 is 11.8 Å². The van der Waals surface area contributed by atoms with Gasteiger partial charge < -0.3 is 20.1 Å². The lowest BCUT2D eigenvalue weighted by atomic mass is 9.96. The first-order chi connectivity index (χ1) is 22.9. The van der Waals surface area contributed by atoms with E-state index in [-0.39, 0.29) is 11.6 Å². The van der Waals surface area contributed by atoms with Crippen molar-refractivity contribution in [1.82, 2.24) is 9.88 Å². The molecule has 1 aliphatic carbocycles. The maximum Gasteiger partial charge on any atom is 0.272 e. The second-order valence-electron chi connectivity index (χ2n) is 11.1. The van der Waals surface area contributed by atoms with Gasteiger partial charge in [0.05, 0.1) is 25.5 Å². The molecule has 0 saturated carbocycles. The Morgan fingerprint density at radius 3 is 2.36 bits per heavy atom. The largest absolute Gasteiger partial charge is 0.497 e. The molecule has 0 spiro atoms. The van der Waals surface area contributed by atoms with Gasteiger partial charge in [-0.1, -0.05) is 36.4 Å². The second kappa shape index (κ2) is 14.4. The Bertz CT molecular complexity index is 1970. The second-order valence-corrected chi connectivity index (χ2v) is 12.2. The molecule has 0 atom stereocenters. The SMILES string of the molecule is COc1ccc(/C=C(\NC(=O)c2ccccc2)C(=O)Nc2ccc(SCC(=O)n3c4c(c5ccccc53)CCCC4)cc2)c(OC)c1. The average molecular weight is 646 g/mol.